The molecule has 4 rings (SSSR count). The second-order valence-corrected chi connectivity index (χ2v) is 10.3. The lowest BCUT2D eigenvalue weighted by atomic mass is 10.1. The monoisotopic (exact) mass is 563 g/mol. The zero-order valence-electron chi connectivity index (χ0n) is 21.1. The van der Waals surface area contributed by atoms with Crippen molar-refractivity contribution >= 4 is 45.0 Å². The van der Waals surface area contributed by atoms with Crippen molar-refractivity contribution in [3.05, 3.63) is 87.4 Å². The summed E-state index contributed by atoms with van der Waals surface area (Å²) in [7, 11) is 0. The molecule has 3 amide bonds. The third kappa shape index (κ3) is 6.77. The molecule has 37 heavy (non-hydrogen) atoms. The molecule has 0 aliphatic carbocycles. The van der Waals surface area contributed by atoms with E-state index in [1.807, 2.05) is 57.2 Å². The summed E-state index contributed by atoms with van der Waals surface area (Å²) < 4.78 is 6.60. The Kier molecular flexibility index (Phi) is 8.28. The molecule has 8 heteroatoms. The van der Waals surface area contributed by atoms with Crippen molar-refractivity contribution < 1.29 is 19.1 Å². The van der Waals surface area contributed by atoms with Crippen molar-refractivity contribution in [2.45, 2.75) is 33.7 Å². The molecule has 0 radical (unpaired) electrons. The Bertz CT molecular complexity index is 1280. The van der Waals surface area contributed by atoms with Crippen LogP contribution in [0.2, 0.25) is 0 Å². The normalized spacial score (nSPS) is 15.0. The van der Waals surface area contributed by atoms with Gasteiger partial charge in [0, 0.05) is 35.4 Å². The Balaban J connectivity index is 1.28. The van der Waals surface area contributed by atoms with Crippen LogP contribution in [0, 0.1) is 26.7 Å². The molecule has 3 aromatic rings. The van der Waals surface area contributed by atoms with E-state index in [1.54, 1.807) is 29.2 Å². The Labute approximate surface area is 225 Å². The van der Waals surface area contributed by atoms with Gasteiger partial charge >= 0.3 is 0 Å². The summed E-state index contributed by atoms with van der Waals surface area (Å²) in [6.07, 6.45) is 0.174. The fourth-order valence-electron chi connectivity index (χ4n) is 4.33. The average Bonchev–Trinajstić information content (AvgIpc) is 3.26. The highest BCUT2D eigenvalue weighted by Gasteiger charge is 2.35. The van der Waals surface area contributed by atoms with Crippen LogP contribution in [0.15, 0.2) is 65.1 Å². The predicted molar refractivity (Wildman–Crippen MR) is 148 cm³/mol. The van der Waals surface area contributed by atoms with Crippen molar-refractivity contribution in [2.24, 2.45) is 5.92 Å². The molecule has 0 saturated carbocycles. The number of nitrogens with one attached hydrogen (secondary N) is 2. The standard InChI is InChI=1S/C29H30BrN3O4/c1-18-4-6-21(7-5-18)15-31-29(36)22-14-27(35)33(16-22)24-8-10-25(11-9-24)37-17-26(34)32-28-19(2)12-23(30)13-20(28)3/h4-13,22H,14-17H2,1-3H3,(H,31,36)(H,32,34)/t22-/m0/s1. The largest absolute Gasteiger partial charge is 0.484 e. The Morgan fingerprint density at radius 3 is 2.30 bits per heavy atom. The van der Waals surface area contributed by atoms with Gasteiger partial charge in [-0.25, -0.2) is 0 Å². The van der Waals surface area contributed by atoms with Gasteiger partial charge in [0.1, 0.15) is 5.75 Å². The van der Waals surface area contributed by atoms with Crippen LogP contribution in [0.4, 0.5) is 11.4 Å². The SMILES string of the molecule is Cc1ccc(CNC(=O)[C@H]2CC(=O)N(c3ccc(OCC(=O)Nc4c(C)cc(Br)cc4C)cc3)C2)cc1. The van der Waals surface area contributed by atoms with Crippen molar-refractivity contribution in [1.82, 2.24) is 5.32 Å². The van der Waals surface area contributed by atoms with Crippen molar-refractivity contribution in [2.75, 3.05) is 23.4 Å². The minimum atomic E-state index is -0.400. The molecule has 0 spiro atoms. The second kappa shape index (κ2) is 11.6. The van der Waals surface area contributed by atoms with Gasteiger partial charge in [-0.1, -0.05) is 45.8 Å². The highest BCUT2D eigenvalue weighted by atomic mass is 79.9. The number of halogens is 1. The average molecular weight is 564 g/mol. The molecule has 1 aliphatic heterocycles. The van der Waals surface area contributed by atoms with E-state index in [-0.39, 0.29) is 30.7 Å². The number of aryl methyl sites for hydroxylation is 3. The lowest BCUT2D eigenvalue weighted by Gasteiger charge is -2.17. The topological polar surface area (TPSA) is 87.7 Å². The predicted octanol–water partition coefficient (Wildman–Crippen LogP) is 5.06. The molecule has 192 valence electrons. The van der Waals surface area contributed by atoms with Gasteiger partial charge in [0.25, 0.3) is 5.91 Å². The van der Waals surface area contributed by atoms with Crippen LogP contribution in [0.5, 0.6) is 5.75 Å². The van der Waals surface area contributed by atoms with Gasteiger partial charge in [0.05, 0.1) is 5.92 Å². The van der Waals surface area contributed by atoms with E-state index < -0.39 is 5.92 Å². The summed E-state index contributed by atoms with van der Waals surface area (Å²) in [6.45, 7) is 6.51. The fourth-order valence-corrected chi connectivity index (χ4v) is 5.01. The number of amides is 3. The number of carbonyl (C=O) groups is 3. The first-order valence-electron chi connectivity index (χ1n) is 12.1. The first kappa shape index (κ1) is 26.4. The Hall–Kier alpha value is -3.65. The summed E-state index contributed by atoms with van der Waals surface area (Å²) in [5.41, 5.74) is 5.57. The van der Waals surface area contributed by atoms with Gasteiger partial charge in [-0.05, 0) is 73.9 Å². The van der Waals surface area contributed by atoms with Gasteiger partial charge in [-0.15, -0.1) is 0 Å². The van der Waals surface area contributed by atoms with E-state index in [1.165, 1.54) is 0 Å². The van der Waals surface area contributed by atoms with Crippen LogP contribution < -0.4 is 20.3 Å². The maximum Gasteiger partial charge on any atom is 0.262 e. The van der Waals surface area contributed by atoms with Gasteiger partial charge in [-0.3, -0.25) is 14.4 Å². The van der Waals surface area contributed by atoms with Crippen LogP contribution in [0.25, 0.3) is 0 Å². The summed E-state index contributed by atoms with van der Waals surface area (Å²) in [4.78, 5) is 39.3. The van der Waals surface area contributed by atoms with Gasteiger partial charge in [-0.2, -0.15) is 0 Å². The van der Waals surface area contributed by atoms with E-state index in [0.29, 0.717) is 24.5 Å². The minimum Gasteiger partial charge on any atom is -0.484 e. The van der Waals surface area contributed by atoms with Gasteiger partial charge in [0.15, 0.2) is 6.61 Å². The third-order valence-electron chi connectivity index (χ3n) is 6.36. The van der Waals surface area contributed by atoms with E-state index >= 15 is 0 Å². The Morgan fingerprint density at radius 2 is 1.65 bits per heavy atom. The van der Waals surface area contributed by atoms with Crippen LogP contribution >= 0.6 is 15.9 Å². The number of hydrogen-bond donors (Lipinski definition) is 2. The molecule has 1 fully saturated rings. The lowest BCUT2D eigenvalue weighted by molar-refractivity contribution is -0.126. The highest BCUT2D eigenvalue weighted by molar-refractivity contribution is 9.10. The number of ether oxygens (including phenoxy) is 1. The summed E-state index contributed by atoms with van der Waals surface area (Å²) >= 11 is 3.45. The van der Waals surface area contributed by atoms with E-state index in [9.17, 15) is 14.4 Å². The molecule has 3 aromatic carbocycles. The summed E-state index contributed by atoms with van der Waals surface area (Å²) in [5.74, 6) is -0.362. The fraction of sp³-hybridized carbons (Fsp3) is 0.276. The second-order valence-electron chi connectivity index (χ2n) is 9.35. The molecular weight excluding hydrogens is 534 g/mol. The van der Waals surface area contributed by atoms with Crippen molar-refractivity contribution in [3.63, 3.8) is 0 Å². The molecular formula is C29H30BrN3O4. The maximum atomic E-state index is 12.7. The van der Waals surface area contributed by atoms with Gasteiger partial charge < -0.3 is 20.3 Å². The number of carbonyl (C=O) groups excluding carboxylic acids is 3. The number of nitrogens with zero attached hydrogens (tertiary/aromatic N) is 1. The maximum absolute atomic E-state index is 12.7. The lowest BCUT2D eigenvalue weighted by Crippen LogP contribution is -2.32. The van der Waals surface area contributed by atoms with Crippen LogP contribution in [-0.2, 0) is 20.9 Å². The number of hydrogen-bond acceptors (Lipinski definition) is 4. The molecule has 0 unspecified atom stereocenters. The van der Waals surface area contributed by atoms with Crippen LogP contribution in [0.1, 0.15) is 28.7 Å². The molecule has 7 nitrogen and oxygen atoms in total. The van der Waals surface area contributed by atoms with Crippen LogP contribution in [0.3, 0.4) is 0 Å². The van der Waals surface area contributed by atoms with Crippen LogP contribution in [-0.4, -0.2) is 30.9 Å². The molecule has 2 N–H and O–H groups in total. The third-order valence-corrected chi connectivity index (χ3v) is 6.82. The first-order valence-corrected chi connectivity index (χ1v) is 12.9. The molecule has 1 aliphatic rings. The molecule has 1 heterocycles. The van der Waals surface area contributed by atoms with Crippen molar-refractivity contribution in [3.8, 4) is 5.75 Å². The highest BCUT2D eigenvalue weighted by Crippen LogP contribution is 2.28. The minimum absolute atomic E-state index is 0.0937. The van der Waals surface area contributed by atoms with Crippen molar-refractivity contribution in [1.29, 1.82) is 0 Å². The quantitative estimate of drug-likeness (QED) is 0.401. The zero-order chi connectivity index (χ0) is 26.5. The molecule has 1 atom stereocenters. The van der Waals surface area contributed by atoms with Gasteiger partial charge in [0.2, 0.25) is 11.8 Å². The summed E-state index contributed by atoms with van der Waals surface area (Å²) in [5, 5.41) is 5.84. The van der Waals surface area contributed by atoms with E-state index in [4.69, 9.17) is 4.74 Å². The first-order chi connectivity index (χ1) is 17.7. The molecule has 0 bridgehead atoms. The molecule has 1 saturated heterocycles. The summed E-state index contributed by atoms with van der Waals surface area (Å²) in [6, 6.07) is 18.8. The molecule has 0 aromatic heterocycles. The van der Waals surface area contributed by atoms with E-state index in [2.05, 4.69) is 26.6 Å². The number of anilines is 2. The smallest absolute Gasteiger partial charge is 0.262 e. The Morgan fingerprint density at radius 1 is 1.00 bits per heavy atom. The van der Waals surface area contributed by atoms with E-state index in [0.717, 1.165) is 32.4 Å². The number of rotatable bonds is 8. The number of benzene rings is 3. The zero-order valence-corrected chi connectivity index (χ0v) is 22.7.